The van der Waals surface area contributed by atoms with Crippen LogP contribution >= 0.6 is 0 Å². The van der Waals surface area contributed by atoms with Crippen LogP contribution in [0.25, 0.3) is 0 Å². The Kier molecular flexibility index (Phi) is 3.94. The fraction of sp³-hybridized carbons (Fsp3) is 0.538. The predicted molar refractivity (Wildman–Crippen MR) is 63.2 cm³/mol. The van der Waals surface area contributed by atoms with Crippen LogP contribution in [-0.2, 0) is 6.54 Å². The summed E-state index contributed by atoms with van der Waals surface area (Å²) in [4.78, 5) is 1.75. The molecule has 3 nitrogen and oxygen atoms in total. The molecule has 1 aliphatic rings. The molecule has 1 fully saturated rings. The van der Waals surface area contributed by atoms with Crippen molar-refractivity contribution >= 4 is 0 Å². The number of alkyl halides is 2. The number of benzene rings is 1. The van der Waals surface area contributed by atoms with Crippen LogP contribution in [0.1, 0.15) is 5.56 Å². The summed E-state index contributed by atoms with van der Waals surface area (Å²) in [6, 6.07) is 9.47. The van der Waals surface area contributed by atoms with Crippen LogP contribution in [0, 0.1) is 5.92 Å². The molecule has 1 aromatic carbocycles. The first kappa shape index (κ1) is 13.4. The van der Waals surface area contributed by atoms with E-state index in [9.17, 15) is 13.9 Å². The largest absolute Gasteiger partial charge is 0.396 e. The van der Waals surface area contributed by atoms with Gasteiger partial charge < -0.3 is 10.2 Å². The Bertz CT molecular complexity index is 386. The van der Waals surface area contributed by atoms with E-state index in [0.29, 0.717) is 6.54 Å². The van der Waals surface area contributed by atoms with E-state index in [0.717, 1.165) is 5.56 Å². The zero-order valence-corrected chi connectivity index (χ0v) is 9.97. The van der Waals surface area contributed by atoms with E-state index in [4.69, 9.17) is 5.11 Å². The van der Waals surface area contributed by atoms with Crippen LogP contribution in [0.3, 0.4) is 0 Å². The molecule has 100 valence electrons. The first-order valence-electron chi connectivity index (χ1n) is 5.97. The molecular weight excluding hydrogens is 240 g/mol. The highest BCUT2D eigenvalue weighted by Gasteiger charge is 2.50. The summed E-state index contributed by atoms with van der Waals surface area (Å²) >= 11 is 0. The van der Waals surface area contributed by atoms with Gasteiger partial charge >= 0.3 is 0 Å². The number of hydrogen-bond acceptors (Lipinski definition) is 3. The summed E-state index contributed by atoms with van der Waals surface area (Å²) in [5, 5.41) is 18.5. The van der Waals surface area contributed by atoms with E-state index in [1.807, 2.05) is 30.3 Å². The van der Waals surface area contributed by atoms with Gasteiger partial charge in [-0.1, -0.05) is 30.3 Å². The fourth-order valence-electron chi connectivity index (χ4n) is 2.30. The van der Waals surface area contributed by atoms with E-state index in [-0.39, 0.29) is 13.1 Å². The summed E-state index contributed by atoms with van der Waals surface area (Å²) in [5.74, 6) is -4.41. The van der Waals surface area contributed by atoms with Crippen LogP contribution < -0.4 is 0 Å². The third-order valence-electron chi connectivity index (χ3n) is 3.37. The highest BCUT2D eigenvalue weighted by molar-refractivity contribution is 5.14. The molecule has 0 spiro atoms. The summed E-state index contributed by atoms with van der Waals surface area (Å²) in [7, 11) is 0. The molecule has 1 saturated heterocycles. The molecule has 5 heteroatoms. The number of halogens is 2. The van der Waals surface area contributed by atoms with Crippen molar-refractivity contribution in [2.45, 2.75) is 18.6 Å². The van der Waals surface area contributed by atoms with Gasteiger partial charge in [0.15, 0.2) is 0 Å². The summed E-state index contributed by atoms with van der Waals surface area (Å²) in [5.41, 5.74) is 1.01. The Labute approximate surface area is 105 Å². The zero-order valence-electron chi connectivity index (χ0n) is 9.97. The summed E-state index contributed by atoms with van der Waals surface area (Å²) in [6.45, 7) is -0.0896. The predicted octanol–water partition coefficient (Wildman–Crippen LogP) is 1.11. The van der Waals surface area contributed by atoms with Gasteiger partial charge in [-0.25, -0.2) is 8.78 Å². The number of rotatable bonds is 3. The van der Waals surface area contributed by atoms with Gasteiger partial charge in [-0.05, 0) is 5.56 Å². The van der Waals surface area contributed by atoms with Crippen LogP contribution in [-0.4, -0.2) is 46.8 Å². The Morgan fingerprint density at radius 1 is 1.22 bits per heavy atom. The lowest BCUT2D eigenvalue weighted by molar-refractivity contribution is -0.193. The van der Waals surface area contributed by atoms with E-state index in [1.165, 1.54) is 0 Å². The molecule has 2 atom stereocenters. The van der Waals surface area contributed by atoms with E-state index in [1.54, 1.807) is 4.90 Å². The third kappa shape index (κ3) is 2.68. The molecule has 1 heterocycles. The van der Waals surface area contributed by atoms with E-state index >= 15 is 0 Å². The van der Waals surface area contributed by atoms with Crippen LogP contribution in [0.4, 0.5) is 8.78 Å². The number of β-amino-alcohol motifs (C(OH)–C–C–N with tert-alkyl or cyclic N) is 1. The van der Waals surface area contributed by atoms with Gasteiger partial charge in [0.2, 0.25) is 0 Å². The molecule has 18 heavy (non-hydrogen) atoms. The summed E-state index contributed by atoms with van der Waals surface area (Å²) in [6.07, 6.45) is -1.72. The molecule has 0 radical (unpaired) electrons. The van der Waals surface area contributed by atoms with Gasteiger partial charge in [0, 0.05) is 19.6 Å². The number of nitrogens with zero attached hydrogens (tertiary/aromatic N) is 1. The van der Waals surface area contributed by atoms with Crippen molar-refractivity contribution in [2.24, 2.45) is 5.92 Å². The standard InChI is InChI=1S/C13H17F2NO2/c14-13(15)11(9-17)7-16(8-12(13)18)6-10-4-2-1-3-5-10/h1-5,11-12,17-18H,6-9H2/t11-,12-/m1/s1. The Balaban J connectivity index is 2.04. The second-order valence-corrected chi connectivity index (χ2v) is 4.75. The lowest BCUT2D eigenvalue weighted by atomic mass is 9.91. The molecule has 0 bridgehead atoms. The van der Waals surface area contributed by atoms with Gasteiger partial charge in [-0.2, -0.15) is 0 Å². The smallest absolute Gasteiger partial charge is 0.280 e. The van der Waals surface area contributed by atoms with Crippen molar-refractivity contribution in [2.75, 3.05) is 19.7 Å². The minimum Gasteiger partial charge on any atom is -0.396 e. The Morgan fingerprint density at radius 3 is 2.50 bits per heavy atom. The first-order valence-corrected chi connectivity index (χ1v) is 5.97. The zero-order chi connectivity index (χ0) is 13.2. The van der Waals surface area contributed by atoms with Gasteiger partial charge in [0.25, 0.3) is 5.92 Å². The minimum atomic E-state index is -3.21. The maximum Gasteiger partial charge on any atom is 0.280 e. The highest BCUT2D eigenvalue weighted by atomic mass is 19.3. The molecule has 1 aromatic rings. The quantitative estimate of drug-likeness (QED) is 0.852. The SMILES string of the molecule is OC[C@H]1CN(Cc2ccccc2)C[C@@H](O)C1(F)F. The maximum atomic E-state index is 13.5. The first-order chi connectivity index (χ1) is 8.54. The molecule has 0 aromatic heterocycles. The van der Waals surface area contributed by atoms with E-state index in [2.05, 4.69) is 0 Å². The average Bonchev–Trinajstić information content (AvgIpc) is 2.35. The van der Waals surface area contributed by atoms with Gasteiger partial charge in [-0.3, -0.25) is 4.90 Å². The lowest BCUT2D eigenvalue weighted by Gasteiger charge is -2.40. The van der Waals surface area contributed by atoms with Gasteiger partial charge in [-0.15, -0.1) is 0 Å². The van der Waals surface area contributed by atoms with Gasteiger partial charge in [0.05, 0.1) is 12.5 Å². The monoisotopic (exact) mass is 257 g/mol. The molecule has 0 aliphatic carbocycles. The van der Waals surface area contributed by atoms with Gasteiger partial charge in [0.1, 0.15) is 6.10 Å². The normalized spacial score (nSPS) is 28.2. The number of aliphatic hydroxyl groups is 2. The van der Waals surface area contributed by atoms with Crippen LogP contribution in [0.15, 0.2) is 30.3 Å². The summed E-state index contributed by atoms with van der Waals surface area (Å²) < 4.78 is 27.1. The Morgan fingerprint density at radius 2 is 1.89 bits per heavy atom. The molecule has 2 rings (SSSR count). The number of hydrogen-bond donors (Lipinski definition) is 2. The van der Waals surface area contributed by atoms with Crippen molar-refractivity contribution in [1.29, 1.82) is 0 Å². The van der Waals surface area contributed by atoms with Crippen molar-refractivity contribution < 1.29 is 19.0 Å². The third-order valence-corrected chi connectivity index (χ3v) is 3.37. The van der Waals surface area contributed by atoms with Crippen molar-refractivity contribution in [1.82, 2.24) is 4.90 Å². The molecule has 0 amide bonds. The lowest BCUT2D eigenvalue weighted by Crippen LogP contribution is -2.57. The highest BCUT2D eigenvalue weighted by Crippen LogP contribution is 2.33. The molecular formula is C13H17F2NO2. The fourth-order valence-corrected chi connectivity index (χ4v) is 2.30. The van der Waals surface area contributed by atoms with Crippen molar-refractivity contribution in [3.63, 3.8) is 0 Å². The number of aliphatic hydroxyl groups excluding tert-OH is 2. The molecule has 0 saturated carbocycles. The molecule has 2 N–H and O–H groups in total. The minimum absolute atomic E-state index is 0.0710. The molecule has 0 unspecified atom stereocenters. The number of piperidine rings is 1. The maximum absolute atomic E-state index is 13.5. The van der Waals surface area contributed by atoms with E-state index < -0.39 is 24.6 Å². The molecule has 1 aliphatic heterocycles. The Hall–Kier alpha value is -1.04. The number of likely N-dealkylation sites (tertiary alicyclic amines) is 1. The van der Waals surface area contributed by atoms with Crippen molar-refractivity contribution in [3.05, 3.63) is 35.9 Å². The second kappa shape index (κ2) is 5.30. The van der Waals surface area contributed by atoms with Crippen LogP contribution in [0.2, 0.25) is 0 Å². The average molecular weight is 257 g/mol. The van der Waals surface area contributed by atoms with Crippen molar-refractivity contribution in [3.8, 4) is 0 Å². The topological polar surface area (TPSA) is 43.7 Å². The second-order valence-electron chi connectivity index (χ2n) is 4.75. The van der Waals surface area contributed by atoms with Crippen LogP contribution in [0.5, 0.6) is 0 Å².